The van der Waals surface area contributed by atoms with Crippen LogP contribution in [-0.2, 0) is 0 Å². The molecule has 0 saturated carbocycles. The van der Waals surface area contributed by atoms with Crippen LogP contribution < -0.4 is 4.74 Å². The van der Waals surface area contributed by atoms with E-state index in [-0.39, 0.29) is 0 Å². The van der Waals surface area contributed by atoms with Gasteiger partial charge in [0.1, 0.15) is 5.52 Å². The van der Waals surface area contributed by atoms with Gasteiger partial charge in [0.15, 0.2) is 5.58 Å². The van der Waals surface area contributed by atoms with Gasteiger partial charge in [0, 0.05) is 17.3 Å². The molecule has 0 radical (unpaired) electrons. The van der Waals surface area contributed by atoms with E-state index in [1.807, 2.05) is 56.3 Å². The molecule has 0 spiro atoms. The normalized spacial score (nSPS) is 11.4. The number of fused-ring (bicyclic) bond motifs is 1. The van der Waals surface area contributed by atoms with Crippen LogP contribution in [0.4, 0.5) is 0 Å². The first-order valence-corrected chi connectivity index (χ1v) is 6.73. The van der Waals surface area contributed by atoms with Crippen molar-refractivity contribution in [3.8, 4) is 5.88 Å². The lowest BCUT2D eigenvalue weighted by atomic mass is 10.1. The van der Waals surface area contributed by atoms with Crippen molar-refractivity contribution in [2.75, 3.05) is 7.11 Å². The third-order valence-electron chi connectivity index (χ3n) is 3.37. The topological polar surface area (TPSA) is 48.2 Å². The molecular weight excluding hydrogens is 264 g/mol. The Kier molecular flexibility index (Phi) is 3.44. The van der Waals surface area contributed by atoms with Gasteiger partial charge in [0.2, 0.25) is 11.8 Å². The monoisotopic (exact) mass is 280 g/mol. The zero-order valence-electron chi connectivity index (χ0n) is 12.3. The maximum absolute atomic E-state index is 5.66. The second-order valence-corrected chi connectivity index (χ2v) is 4.84. The Morgan fingerprint density at radius 1 is 1.10 bits per heavy atom. The number of aromatic nitrogens is 2. The second kappa shape index (κ2) is 5.40. The van der Waals surface area contributed by atoms with Crippen LogP contribution in [-0.4, -0.2) is 17.1 Å². The average Bonchev–Trinajstić information content (AvgIpc) is 2.90. The van der Waals surface area contributed by atoms with Crippen molar-refractivity contribution in [1.29, 1.82) is 0 Å². The van der Waals surface area contributed by atoms with Crippen LogP contribution in [0.3, 0.4) is 0 Å². The van der Waals surface area contributed by atoms with E-state index >= 15 is 0 Å². The molecule has 0 N–H and O–H groups in total. The van der Waals surface area contributed by atoms with Gasteiger partial charge in [-0.25, -0.2) is 9.97 Å². The molecule has 2 heterocycles. The van der Waals surface area contributed by atoms with E-state index in [1.165, 1.54) is 0 Å². The number of oxazole rings is 1. The van der Waals surface area contributed by atoms with E-state index in [1.54, 1.807) is 7.11 Å². The summed E-state index contributed by atoms with van der Waals surface area (Å²) in [6, 6.07) is 9.73. The molecule has 0 bridgehead atoms. The molecule has 4 heteroatoms. The van der Waals surface area contributed by atoms with E-state index in [9.17, 15) is 0 Å². The molecule has 106 valence electrons. The molecule has 0 amide bonds. The third kappa shape index (κ3) is 2.65. The highest BCUT2D eigenvalue weighted by molar-refractivity contribution is 5.76. The summed E-state index contributed by atoms with van der Waals surface area (Å²) in [4.78, 5) is 8.83. The number of para-hydroxylation sites is 2. The van der Waals surface area contributed by atoms with Gasteiger partial charge in [-0.1, -0.05) is 12.1 Å². The Morgan fingerprint density at radius 2 is 1.90 bits per heavy atom. The molecule has 0 atom stereocenters. The Balaban J connectivity index is 1.97. The first-order valence-electron chi connectivity index (χ1n) is 6.73. The third-order valence-corrected chi connectivity index (χ3v) is 3.37. The number of methoxy groups -OCH3 is 1. The molecule has 4 nitrogen and oxygen atoms in total. The molecule has 0 aliphatic heterocycles. The Labute approximate surface area is 123 Å². The number of benzene rings is 1. The molecule has 2 aromatic heterocycles. The lowest BCUT2D eigenvalue weighted by Crippen LogP contribution is -1.95. The predicted octanol–water partition coefficient (Wildman–Crippen LogP) is 4.02. The lowest BCUT2D eigenvalue weighted by molar-refractivity contribution is 0.395. The first kappa shape index (κ1) is 13.4. The van der Waals surface area contributed by atoms with E-state index in [0.29, 0.717) is 11.8 Å². The number of nitrogens with zero attached hydrogens (tertiary/aromatic N) is 2. The molecule has 0 aliphatic rings. The summed E-state index contributed by atoms with van der Waals surface area (Å²) < 4.78 is 11.0. The van der Waals surface area contributed by atoms with Crippen LogP contribution in [0.2, 0.25) is 0 Å². The summed E-state index contributed by atoms with van der Waals surface area (Å²) in [6.45, 7) is 3.99. The first-order chi connectivity index (χ1) is 10.2. The van der Waals surface area contributed by atoms with E-state index in [0.717, 1.165) is 27.9 Å². The minimum Gasteiger partial charge on any atom is -0.481 e. The predicted molar refractivity (Wildman–Crippen MR) is 83.2 cm³/mol. The highest BCUT2D eigenvalue weighted by Gasteiger charge is 2.06. The van der Waals surface area contributed by atoms with Crippen molar-refractivity contribution in [1.82, 2.24) is 9.97 Å². The molecular formula is C17H16N2O2. The summed E-state index contributed by atoms with van der Waals surface area (Å²) in [5.41, 5.74) is 4.62. The van der Waals surface area contributed by atoms with Crippen LogP contribution in [0.15, 0.2) is 34.7 Å². The van der Waals surface area contributed by atoms with Crippen molar-refractivity contribution in [3.63, 3.8) is 0 Å². The number of hydrogen-bond donors (Lipinski definition) is 0. The summed E-state index contributed by atoms with van der Waals surface area (Å²) in [6.07, 6.45) is 3.73. The van der Waals surface area contributed by atoms with Crippen LogP contribution in [0.5, 0.6) is 5.88 Å². The number of aryl methyl sites for hydroxylation is 2. The van der Waals surface area contributed by atoms with E-state index in [2.05, 4.69) is 9.97 Å². The fraction of sp³-hybridized carbons (Fsp3) is 0.176. The Hall–Kier alpha value is -2.62. The maximum atomic E-state index is 5.66. The van der Waals surface area contributed by atoms with Crippen molar-refractivity contribution in [2.24, 2.45) is 0 Å². The quantitative estimate of drug-likeness (QED) is 0.727. The largest absolute Gasteiger partial charge is 0.481 e. The van der Waals surface area contributed by atoms with Gasteiger partial charge in [-0.15, -0.1) is 0 Å². The van der Waals surface area contributed by atoms with Crippen molar-refractivity contribution in [2.45, 2.75) is 13.8 Å². The van der Waals surface area contributed by atoms with Gasteiger partial charge < -0.3 is 9.15 Å². The smallest absolute Gasteiger partial charge is 0.220 e. The molecule has 21 heavy (non-hydrogen) atoms. The van der Waals surface area contributed by atoms with Crippen LogP contribution in [0.1, 0.15) is 22.7 Å². The average molecular weight is 280 g/mol. The van der Waals surface area contributed by atoms with Crippen LogP contribution in [0.25, 0.3) is 23.3 Å². The highest BCUT2D eigenvalue weighted by atomic mass is 16.5. The fourth-order valence-electron chi connectivity index (χ4n) is 2.11. The molecule has 0 fully saturated rings. The maximum Gasteiger partial charge on any atom is 0.220 e. The minimum atomic E-state index is 0.566. The van der Waals surface area contributed by atoms with Crippen molar-refractivity contribution >= 4 is 23.3 Å². The van der Waals surface area contributed by atoms with E-state index < -0.39 is 0 Å². The number of pyridine rings is 1. The lowest BCUT2D eigenvalue weighted by Gasteiger charge is -2.07. The number of rotatable bonds is 3. The van der Waals surface area contributed by atoms with Gasteiger partial charge >= 0.3 is 0 Å². The molecule has 3 rings (SSSR count). The molecule has 1 aromatic carbocycles. The molecule has 0 aliphatic carbocycles. The zero-order chi connectivity index (χ0) is 14.8. The molecule has 3 aromatic rings. The fourth-order valence-corrected chi connectivity index (χ4v) is 2.11. The van der Waals surface area contributed by atoms with Gasteiger partial charge in [0.05, 0.1) is 7.11 Å². The molecule has 0 unspecified atom stereocenters. The van der Waals surface area contributed by atoms with Gasteiger partial charge in [-0.2, -0.15) is 0 Å². The number of ether oxygens (including phenoxy) is 1. The zero-order valence-corrected chi connectivity index (χ0v) is 12.3. The van der Waals surface area contributed by atoms with Gasteiger partial charge in [-0.05, 0) is 43.7 Å². The highest BCUT2D eigenvalue weighted by Crippen LogP contribution is 2.22. The van der Waals surface area contributed by atoms with Crippen molar-refractivity contribution < 1.29 is 9.15 Å². The van der Waals surface area contributed by atoms with Crippen LogP contribution >= 0.6 is 0 Å². The summed E-state index contributed by atoms with van der Waals surface area (Å²) in [5.74, 6) is 1.17. The van der Waals surface area contributed by atoms with Gasteiger partial charge in [-0.3, -0.25) is 0 Å². The number of hydrogen-bond acceptors (Lipinski definition) is 4. The minimum absolute atomic E-state index is 0.566. The Bertz CT molecular complexity index is 786. The summed E-state index contributed by atoms with van der Waals surface area (Å²) in [5, 5.41) is 0. The van der Waals surface area contributed by atoms with Crippen LogP contribution in [0, 0.1) is 13.8 Å². The standard InChI is InChI=1S/C17H16N2O2/c1-11-10-13(17(20-3)18-12(11)2)8-9-16-19-14-6-4-5-7-15(14)21-16/h4-10H,1-3H3/b9-8+. The Morgan fingerprint density at radius 3 is 2.67 bits per heavy atom. The van der Waals surface area contributed by atoms with Gasteiger partial charge in [0.25, 0.3) is 0 Å². The SMILES string of the molecule is COc1nc(C)c(C)cc1/C=C/c1nc2ccccc2o1. The van der Waals surface area contributed by atoms with E-state index in [4.69, 9.17) is 9.15 Å². The second-order valence-electron chi connectivity index (χ2n) is 4.84. The summed E-state index contributed by atoms with van der Waals surface area (Å²) >= 11 is 0. The summed E-state index contributed by atoms with van der Waals surface area (Å²) in [7, 11) is 1.62. The molecule has 0 saturated heterocycles. The van der Waals surface area contributed by atoms with Crippen molar-refractivity contribution in [3.05, 3.63) is 53.0 Å².